The number of aliphatic hydroxyl groups excluding tert-OH is 1. The Morgan fingerprint density at radius 1 is 1.41 bits per heavy atom. The number of hydrogen-bond donors (Lipinski definition) is 2. The maximum Gasteiger partial charge on any atom is 0.226 e. The summed E-state index contributed by atoms with van der Waals surface area (Å²) in [6.07, 6.45) is -0.0196. The first kappa shape index (κ1) is 11.7. The molecule has 1 aliphatic heterocycles. The molecule has 1 amide bonds. The number of β-amino-alcohol motifs (C(OH)–C–C–N with tert-alkyl or cyclic N) is 1. The fourth-order valence-electron chi connectivity index (χ4n) is 1.64. The standard InChI is InChI=1S/C12H16N2O3/c13-9-1-3-11(4-2-9)17-6-5-12(16)14-7-10(15)8-14/h1-4,10,15H,5-8,13H2. The van der Waals surface area contributed by atoms with E-state index in [9.17, 15) is 4.79 Å². The van der Waals surface area contributed by atoms with Crippen molar-refractivity contribution in [1.29, 1.82) is 0 Å². The predicted octanol–water partition coefficient (Wildman–Crippen LogP) is 0.241. The summed E-state index contributed by atoms with van der Waals surface area (Å²) in [5.41, 5.74) is 6.23. The topological polar surface area (TPSA) is 75.8 Å². The lowest BCUT2D eigenvalue weighted by molar-refractivity contribution is -0.141. The van der Waals surface area contributed by atoms with Gasteiger partial charge in [-0.2, -0.15) is 0 Å². The van der Waals surface area contributed by atoms with Gasteiger partial charge in [-0.1, -0.05) is 0 Å². The average Bonchev–Trinajstić information content (AvgIpc) is 2.27. The number of anilines is 1. The van der Waals surface area contributed by atoms with Crippen LogP contribution in [-0.2, 0) is 4.79 Å². The lowest BCUT2D eigenvalue weighted by Gasteiger charge is -2.35. The summed E-state index contributed by atoms with van der Waals surface area (Å²) in [5, 5.41) is 9.06. The molecule has 92 valence electrons. The molecular weight excluding hydrogens is 220 g/mol. The molecule has 1 aromatic carbocycles. The van der Waals surface area contributed by atoms with Gasteiger partial charge in [-0.3, -0.25) is 4.79 Å². The monoisotopic (exact) mass is 236 g/mol. The molecule has 1 heterocycles. The van der Waals surface area contributed by atoms with Crippen LogP contribution in [0.4, 0.5) is 5.69 Å². The second-order valence-corrected chi connectivity index (χ2v) is 4.12. The summed E-state index contributed by atoms with van der Waals surface area (Å²) in [4.78, 5) is 13.2. The minimum absolute atomic E-state index is 0.0192. The maximum atomic E-state index is 11.5. The Morgan fingerprint density at radius 3 is 2.65 bits per heavy atom. The first-order valence-electron chi connectivity index (χ1n) is 5.59. The second kappa shape index (κ2) is 5.05. The molecule has 5 heteroatoms. The number of rotatable bonds is 4. The normalized spacial score (nSPS) is 15.5. The first-order valence-corrected chi connectivity index (χ1v) is 5.59. The minimum Gasteiger partial charge on any atom is -0.493 e. The molecule has 0 spiro atoms. The lowest BCUT2D eigenvalue weighted by Crippen LogP contribution is -2.53. The van der Waals surface area contributed by atoms with Gasteiger partial charge in [-0.25, -0.2) is 0 Å². The van der Waals surface area contributed by atoms with Crippen LogP contribution in [-0.4, -0.2) is 41.7 Å². The van der Waals surface area contributed by atoms with Gasteiger partial charge in [-0.05, 0) is 24.3 Å². The van der Waals surface area contributed by atoms with Crippen molar-refractivity contribution < 1.29 is 14.6 Å². The number of aliphatic hydroxyl groups is 1. The van der Waals surface area contributed by atoms with Crippen molar-refractivity contribution in [3.8, 4) is 5.75 Å². The molecule has 0 aliphatic carbocycles. The first-order chi connectivity index (χ1) is 8.15. The number of nitrogens with two attached hydrogens (primary N) is 1. The third-order valence-electron chi connectivity index (χ3n) is 2.68. The Kier molecular flexibility index (Phi) is 3.49. The third kappa shape index (κ3) is 3.10. The van der Waals surface area contributed by atoms with E-state index in [1.165, 1.54) is 0 Å². The SMILES string of the molecule is Nc1ccc(OCCC(=O)N2CC(O)C2)cc1. The molecule has 5 nitrogen and oxygen atoms in total. The highest BCUT2D eigenvalue weighted by Crippen LogP contribution is 2.14. The summed E-state index contributed by atoms with van der Waals surface area (Å²) in [6, 6.07) is 7.05. The lowest BCUT2D eigenvalue weighted by atomic mass is 10.1. The van der Waals surface area contributed by atoms with Crippen molar-refractivity contribution in [2.75, 3.05) is 25.4 Å². The molecule has 17 heavy (non-hydrogen) atoms. The molecule has 1 fully saturated rings. The van der Waals surface area contributed by atoms with Crippen LogP contribution in [0.5, 0.6) is 5.75 Å². The van der Waals surface area contributed by atoms with Crippen LogP contribution in [0.2, 0.25) is 0 Å². The molecule has 1 saturated heterocycles. The predicted molar refractivity (Wildman–Crippen MR) is 63.6 cm³/mol. The zero-order valence-corrected chi connectivity index (χ0v) is 9.50. The van der Waals surface area contributed by atoms with E-state index in [1.54, 1.807) is 29.2 Å². The fraction of sp³-hybridized carbons (Fsp3) is 0.417. The molecule has 0 saturated carbocycles. The molecule has 0 atom stereocenters. The van der Waals surface area contributed by atoms with E-state index in [0.717, 1.165) is 0 Å². The van der Waals surface area contributed by atoms with Gasteiger partial charge in [0.25, 0.3) is 0 Å². The smallest absolute Gasteiger partial charge is 0.226 e. The Hall–Kier alpha value is -1.75. The quantitative estimate of drug-likeness (QED) is 0.734. The fourth-order valence-corrected chi connectivity index (χ4v) is 1.64. The number of amides is 1. The second-order valence-electron chi connectivity index (χ2n) is 4.12. The van der Waals surface area contributed by atoms with Crippen molar-refractivity contribution in [3.05, 3.63) is 24.3 Å². The van der Waals surface area contributed by atoms with E-state index < -0.39 is 0 Å². The molecule has 0 unspecified atom stereocenters. The molecule has 2 rings (SSSR count). The van der Waals surface area contributed by atoms with Gasteiger partial charge >= 0.3 is 0 Å². The van der Waals surface area contributed by atoms with Crippen molar-refractivity contribution >= 4 is 11.6 Å². The molecule has 1 aliphatic rings. The Bertz CT molecular complexity index is 385. The minimum atomic E-state index is -0.350. The highest BCUT2D eigenvalue weighted by Gasteiger charge is 2.28. The van der Waals surface area contributed by atoms with E-state index >= 15 is 0 Å². The number of ether oxygens (including phenoxy) is 1. The van der Waals surface area contributed by atoms with E-state index in [4.69, 9.17) is 15.6 Å². The van der Waals surface area contributed by atoms with Crippen LogP contribution < -0.4 is 10.5 Å². The van der Waals surface area contributed by atoms with Crippen LogP contribution in [0, 0.1) is 0 Å². The molecular formula is C12H16N2O3. The van der Waals surface area contributed by atoms with Gasteiger partial charge in [0.1, 0.15) is 5.75 Å². The van der Waals surface area contributed by atoms with Gasteiger partial charge in [-0.15, -0.1) is 0 Å². The van der Waals surface area contributed by atoms with Gasteiger partial charge in [0.2, 0.25) is 5.91 Å². The zero-order valence-electron chi connectivity index (χ0n) is 9.50. The maximum absolute atomic E-state index is 11.5. The summed E-state index contributed by atoms with van der Waals surface area (Å²) in [7, 11) is 0. The number of nitrogen functional groups attached to an aromatic ring is 1. The average molecular weight is 236 g/mol. The van der Waals surface area contributed by atoms with Gasteiger partial charge in [0.05, 0.1) is 19.1 Å². The van der Waals surface area contributed by atoms with Crippen molar-refractivity contribution in [1.82, 2.24) is 4.90 Å². The number of nitrogens with zero attached hydrogens (tertiary/aromatic N) is 1. The number of carbonyl (C=O) groups excluding carboxylic acids is 1. The van der Waals surface area contributed by atoms with Gasteiger partial charge in [0, 0.05) is 18.8 Å². The number of likely N-dealkylation sites (tertiary alicyclic amines) is 1. The molecule has 0 aromatic heterocycles. The molecule has 0 bridgehead atoms. The number of carbonyl (C=O) groups is 1. The highest BCUT2D eigenvalue weighted by molar-refractivity contribution is 5.77. The van der Waals surface area contributed by atoms with Gasteiger partial charge in [0.15, 0.2) is 0 Å². The Labute approximate surface area is 99.8 Å². The highest BCUT2D eigenvalue weighted by atomic mass is 16.5. The molecule has 3 N–H and O–H groups in total. The van der Waals surface area contributed by atoms with Crippen LogP contribution in [0.15, 0.2) is 24.3 Å². The molecule has 1 aromatic rings. The van der Waals surface area contributed by atoms with Crippen LogP contribution in [0.1, 0.15) is 6.42 Å². The van der Waals surface area contributed by atoms with Crippen LogP contribution in [0.3, 0.4) is 0 Å². The van der Waals surface area contributed by atoms with E-state index in [1.807, 2.05) is 0 Å². The Morgan fingerprint density at radius 2 is 2.06 bits per heavy atom. The van der Waals surface area contributed by atoms with E-state index in [2.05, 4.69) is 0 Å². The van der Waals surface area contributed by atoms with Crippen molar-refractivity contribution in [3.63, 3.8) is 0 Å². The Balaban J connectivity index is 1.69. The summed E-state index contributed by atoms with van der Waals surface area (Å²) < 4.78 is 5.41. The van der Waals surface area contributed by atoms with E-state index in [-0.39, 0.29) is 12.0 Å². The summed E-state index contributed by atoms with van der Waals surface area (Å²) in [5.74, 6) is 0.724. The largest absolute Gasteiger partial charge is 0.493 e. The van der Waals surface area contributed by atoms with Crippen molar-refractivity contribution in [2.24, 2.45) is 0 Å². The number of hydrogen-bond acceptors (Lipinski definition) is 4. The van der Waals surface area contributed by atoms with Crippen molar-refractivity contribution in [2.45, 2.75) is 12.5 Å². The zero-order chi connectivity index (χ0) is 12.3. The summed E-state index contributed by atoms with van der Waals surface area (Å²) in [6.45, 7) is 1.23. The molecule has 0 radical (unpaired) electrons. The third-order valence-corrected chi connectivity index (χ3v) is 2.68. The summed E-state index contributed by atoms with van der Waals surface area (Å²) >= 11 is 0. The number of benzene rings is 1. The van der Waals surface area contributed by atoms with Crippen LogP contribution >= 0.6 is 0 Å². The van der Waals surface area contributed by atoms with Crippen LogP contribution in [0.25, 0.3) is 0 Å². The van der Waals surface area contributed by atoms with Gasteiger partial charge < -0.3 is 20.5 Å². The van der Waals surface area contributed by atoms with E-state index in [0.29, 0.717) is 37.6 Å².